The molecule has 2 heterocycles. The lowest BCUT2D eigenvalue weighted by Gasteiger charge is -1.99. The first-order valence-corrected chi connectivity index (χ1v) is 8.15. The number of benzene rings is 2. The number of aromatic nitrogens is 1. The maximum absolute atomic E-state index is 4.70. The second-order valence-corrected chi connectivity index (χ2v) is 6.39. The van der Waals surface area contributed by atoms with Crippen LogP contribution in [0, 0.1) is 0 Å². The van der Waals surface area contributed by atoms with Gasteiger partial charge in [-0.3, -0.25) is 0 Å². The monoisotopic (exact) mass is 293 g/mol. The largest absolute Gasteiger partial charge is 0.236 e. The van der Waals surface area contributed by atoms with Crippen molar-refractivity contribution in [1.82, 2.24) is 4.98 Å². The van der Waals surface area contributed by atoms with Gasteiger partial charge in [0.25, 0.3) is 0 Å². The number of para-hydroxylation sites is 1. The molecule has 0 aliphatic carbocycles. The highest BCUT2D eigenvalue weighted by Gasteiger charge is 2.06. The minimum atomic E-state index is 1.08. The molecule has 0 amide bonds. The second-order valence-electron chi connectivity index (χ2n) is 4.58. The molecule has 0 aliphatic heterocycles. The summed E-state index contributed by atoms with van der Waals surface area (Å²) in [5.74, 6) is 0. The third kappa shape index (κ3) is 2.05. The third-order valence-electron chi connectivity index (χ3n) is 3.28. The van der Waals surface area contributed by atoms with Gasteiger partial charge in [0.2, 0.25) is 0 Å². The minimum absolute atomic E-state index is 1.08. The molecule has 2 aromatic carbocycles. The van der Waals surface area contributed by atoms with E-state index in [0.717, 1.165) is 10.5 Å². The van der Waals surface area contributed by atoms with Gasteiger partial charge in [0.05, 0.1) is 10.2 Å². The lowest BCUT2D eigenvalue weighted by Crippen LogP contribution is -1.77. The summed E-state index contributed by atoms with van der Waals surface area (Å²) in [6.45, 7) is 0. The van der Waals surface area contributed by atoms with E-state index in [1.165, 1.54) is 21.4 Å². The maximum atomic E-state index is 4.70. The normalized spacial score (nSPS) is 11.0. The third-order valence-corrected chi connectivity index (χ3v) is 5.05. The van der Waals surface area contributed by atoms with Gasteiger partial charge < -0.3 is 0 Å². The van der Waals surface area contributed by atoms with Crippen molar-refractivity contribution >= 4 is 32.9 Å². The van der Waals surface area contributed by atoms with Crippen molar-refractivity contribution in [3.63, 3.8) is 0 Å². The van der Waals surface area contributed by atoms with Crippen LogP contribution in [-0.4, -0.2) is 4.98 Å². The van der Waals surface area contributed by atoms with Crippen LogP contribution in [0.1, 0.15) is 0 Å². The highest BCUT2D eigenvalue weighted by atomic mass is 32.1. The van der Waals surface area contributed by atoms with Crippen LogP contribution in [0.3, 0.4) is 0 Å². The van der Waals surface area contributed by atoms with Crippen LogP contribution in [0.2, 0.25) is 0 Å². The average Bonchev–Trinajstić information content (AvgIpc) is 3.17. The van der Waals surface area contributed by atoms with Crippen molar-refractivity contribution in [1.29, 1.82) is 0 Å². The van der Waals surface area contributed by atoms with Gasteiger partial charge in [-0.15, -0.1) is 11.3 Å². The molecule has 0 bridgehead atoms. The molecule has 0 spiro atoms. The molecule has 0 aliphatic rings. The van der Waals surface area contributed by atoms with Gasteiger partial charge >= 0.3 is 0 Å². The van der Waals surface area contributed by atoms with Gasteiger partial charge in [0.15, 0.2) is 0 Å². The minimum Gasteiger partial charge on any atom is -0.236 e. The molecule has 96 valence electrons. The Morgan fingerprint density at radius 1 is 0.750 bits per heavy atom. The van der Waals surface area contributed by atoms with E-state index in [1.807, 2.05) is 6.07 Å². The zero-order valence-corrected chi connectivity index (χ0v) is 12.2. The molecule has 0 atom stereocenters. The SMILES string of the molecule is c1ccc2sc(-c3ccc(-c4ccsc4)cc3)nc2c1. The van der Waals surface area contributed by atoms with E-state index in [4.69, 9.17) is 4.98 Å². The average molecular weight is 293 g/mol. The van der Waals surface area contributed by atoms with Crippen molar-refractivity contribution in [2.75, 3.05) is 0 Å². The molecule has 0 fully saturated rings. The molecular formula is C17H11NS2. The molecule has 0 saturated carbocycles. The van der Waals surface area contributed by atoms with Gasteiger partial charge in [-0.2, -0.15) is 11.3 Å². The van der Waals surface area contributed by atoms with Crippen molar-refractivity contribution in [2.24, 2.45) is 0 Å². The van der Waals surface area contributed by atoms with Crippen LogP contribution in [-0.2, 0) is 0 Å². The van der Waals surface area contributed by atoms with Gasteiger partial charge in [-0.1, -0.05) is 36.4 Å². The molecule has 0 N–H and O–H groups in total. The molecule has 2 aromatic heterocycles. The van der Waals surface area contributed by atoms with E-state index in [0.29, 0.717) is 0 Å². The van der Waals surface area contributed by atoms with Gasteiger partial charge in [-0.25, -0.2) is 4.98 Å². The van der Waals surface area contributed by atoms with Gasteiger partial charge in [0, 0.05) is 5.56 Å². The quantitative estimate of drug-likeness (QED) is 0.462. The van der Waals surface area contributed by atoms with Crippen LogP contribution in [0.15, 0.2) is 65.4 Å². The first kappa shape index (κ1) is 11.8. The second kappa shape index (κ2) is 4.85. The predicted molar refractivity (Wildman–Crippen MR) is 88.4 cm³/mol. The van der Waals surface area contributed by atoms with E-state index in [2.05, 4.69) is 59.3 Å². The fourth-order valence-electron chi connectivity index (χ4n) is 2.23. The number of thiazole rings is 1. The molecule has 0 unspecified atom stereocenters. The zero-order valence-electron chi connectivity index (χ0n) is 10.6. The Bertz CT molecular complexity index is 809. The highest BCUT2D eigenvalue weighted by Crippen LogP contribution is 2.31. The molecule has 1 nitrogen and oxygen atoms in total. The van der Waals surface area contributed by atoms with Crippen molar-refractivity contribution in [3.05, 3.63) is 65.4 Å². The van der Waals surface area contributed by atoms with Crippen molar-refractivity contribution in [2.45, 2.75) is 0 Å². The number of fused-ring (bicyclic) bond motifs is 1. The van der Waals surface area contributed by atoms with E-state index in [-0.39, 0.29) is 0 Å². The van der Waals surface area contributed by atoms with Crippen molar-refractivity contribution in [3.8, 4) is 21.7 Å². The highest BCUT2D eigenvalue weighted by molar-refractivity contribution is 7.21. The summed E-state index contributed by atoms with van der Waals surface area (Å²) < 4.78 is 1.24. The summed E-state index contributed by atoms with van der Waals surface area (Å²) in [6.07, 6.45) is 0. The Hall–Kier alpha value is -1.97. The Balaban J connectivity index is 1.75. The fourth-order valence-corrected chi connectivity index (χ4v) is 3.87. The first-order chi connectivity index (χ1) is 9.90. The van der Waals surface area contributed by atoms with Crippen LogP contribution in [0.4, 0.5) is 0 Å². The topological polar surface area (TPSA) is 12.9 Å². The predicted octanol–water partition coefficient (Wildman–Crippen LogP) is 5.69. The Morgan fingerprint density at radius 2 is 1.55 bits per heavy atom. The standard InChI is InChI=1S/C17H11NS2/c1-2-4-16-15(3-1)18-17(20-16)13-7-5-12(6-8-13)14-9-10-19-11-14/h1-11H. The van der Waals surface area contributed by atoms with E-state index >= 15 is 0 Å². The molecule has 4 aromatic rings. The summed E-state index contributed by atoms with van der Waals surface area (Å²) >= 11 is 3.47. The lowest BCUT2D eigenvalue weighted by molar-refractivity contribution is 1.48. The number of rotatable bonds is 2. The Morgan fingerprint density at radius 3 is 2.30 bits per heavy atom. The summed E-state index contributed by atoms with van der Waals surface area (Å²) in [5.41, 5.74) is 4.81. The summed E-state index contributed by atoms with van der Waals surface area (Å²) in [7, 11) is 0. The first-order valence-electron chi connectivity index (χ1n) is 6.39. The fraction of sp³-hybridized carbons (Fsp3) is 0. The number of hydrogen-bond acceptors (Lipinski definition) is 3. The van der Waals surface area contributed by atoms with Crippen LogP contribution < -0.4 is 0 Å². The molecular weight excluding hydrogens is 282 g/mol. The molecule has 0 saturated heterocycles. The Labute approximate surface area is 125 Å². The lowest BCUT2D eigenvalue weighted by atomic mass is 10.1. The van der Waals surface area contributed by atoms with Crippen molar-refractivity contribution < 1.29 is 0 Å². The van der Waals surface area contributed by atoms with E-state index in [9.17, 15) is 0 Å². The molecule has 0 radical (unpaired) electrons. The molecule has 4 rings (SSSR count). The van der Waals surface area contributed by atoms with E-state index in [1.54, 1.807) is 22.7 Å². The van der Waals surface area contributed by atoms with Crippen LogP contribution in [0.25, 0.3) is 31.9 Å². The smallest absolute Gasteiger partial charge is 0.124 e. The number of hydrogen-bond donors (Lipinski definition) is 0. The molecule has 20 heavy (non-hydrogen) atoms. The Kier molecular flexibility index (Phi) is 2.87. The van der Waals surface area contributed by atoms with Gasteiger partial charge in [0.1, 0.15) is 5.01 Å². The zero-order chi connectivity index (χ0) is 13.4. The maximum Gasteiger partial charge on any atom is 0.124 e. The summed E-state index contributed by atoms with van der Waals surface area (Å²) in [5, 5.41) is 5.37. The van der Waals surface area contributed by atoms with E-state index < -0.39 is 0 Å². The summed E-state index contributed by atoms with van der Waals surface area (Å²) in [4.78, 5) is 4.70. The summed E-state index contributed by atoms with van der Waals surface area (Å²) in [6, 6.07) is 19.1. The molecule has 3 heteroatoms. The van der Waals surface area contributed by atoms with Gasteiger partial charge in [-0.05, 0) is 40.1 Å². The van der Waals surface area contributed by atoms with Crippen LogP contribution in [0.5, 0.6) is 0 Å². The number of thiophene rings is 1. The number of nitrogens with zero attached hydrogens (tertiary/aromatic N) is 1. The van der Waals surface area contributed by atoms with Crippen LogP contribution >= 0.6 is 22.7 Å².